The zero-order chi connectivity index (χ0) is 22.0. The number of hydrogen-bond donors (Lipinski definition) is 1. The third kappa shape index (κ3) is 4.81. The van der Waals surface area contributed by atoms with Gasteiger partial charge in [0.25, 0.3) is 0 Å². The maximum Gasteiger partial charge on any atom is 0.243 e. The number of fused-ring (bicyclic) bond motifs is 1. The molecular formula is C23H28FN3O3S. The lowest BCUT2D eigenvalue weighted by Crippen LogP contribution is -2.54. The van der Waals surface area contributed by atoms with E-state index in [1.807, 2.05) is 24.0 Å². The Morgan fingerprint density at radius 2 is 1.71 bits per heavy atom. The van der Waals surface area contributed by atoms with Gasteiger partial charge in [0.2, 0.25) is 15.9 Å². The maximum atomic E-state index is 13.1. The average Bonchev–Trinajstić information content (AvgIpc) is 3.26. The molecule has 1 aliphatic carbocycles. The Balaban J connectivity index is 1.32. The number of amides is 1. The summed E-state index contributed by atoms with van der Waals surface area (Å²) in [4.78, 5) is 14.9. The summed E-state index contributed by atoms with van der Waals surface area (Å²) in [6.07, 6.45) is 3.05. The molecule has 31 heavy (non-hydrogen) atoms. The molecule has 1 heterocycles. The lowest BCUT2D eigenvalue weighted by Gasteiger charge is -2.36. The van der Waals surface area contributed by atoms with Crippen molar-refractivity contribution in [3.05, 3.63) is 65.0 Å². The highest BCUT2D eigenvalue weighted by atomic mass is 32.2. The molecule has 2 aromatic carbocycles. The molecule has 0 aromatic heterocycles. The molecular weight excluding hydrogens is 417 g/mol. The summed E-state index contributed by atoms with van der Waals surface area (Å²) in [6.45, 7) is 3.86. The van der Waals surface area contributed by atoms with Crippen LogP contribution in [0.1, 0.15) is 30.0 Å². The molecule has 166 valence electrons. The lowest BCUT2D eigenvalue weighted by molar-refractivity contribution is -0.126. The number of carbonyl (C=O) groups excluding carboxylic acids is 1. The van der Waals surface area contributed by atoms with E-state index in [9.17, 15) is 17.6 Å². The first-order valence-electron chi connectivity index (χ1n) is 10.7. The van der Waals surface area contributed by atoms with Crippen molar-refractivity contribution in [3.8, 4) is 0 Å². The van der Waals surface area contributed by atoms with Gasteiger partial charge < -0.3 is 5.32 Å². The molecule has 1 amide bonds. The van der Waals surface area contributed by atoms with Gasteiger partial charge in [-0.25, -0.2) is 12.8 Å². The van der Waals surface area contributed by atoms with Crippen LogP contribution in [-0.2, 0) is 34.2 Å². The van der Waals surface area contributed by atoms with E-state index in [1.54, 1.807) is 18.2 Å². The number of hydrogen-bond acceptors (Lipinski definition) is 4. The van der Waals surface area contributed by atoms with E-state index in [4.69, 9.17) is 0 Å². The smallest absolute Gasteiger partial charge is 0.243 e. The SMILES string of the molecule is CC(C(=O)NCc1ccc(F)cc1)N1CCN(S(=O)(=O)c2ccc3c(c2)CCC3)CC1. The molecule has 2 aliphatic rings. The fourth-order valence-electron chi connectivity index (χ4n) is 4.29. The Bertz CT molecular complexity index is 1050. The molecule has 0 bridgehead atoms. The number of benzene rings is 2. The summed E-state index contributed by atoms with van der Waals surface area (Å²) in [5.74, 6) is -0.435. The summed E-state index contributed by atoms with van der Waals surface area (Å²) < 4.78 is 40.7. The summed E-state index contributed by atoms with van der Waals surface area (Å²) in [6, 6.07) is 11.1. The van der Waals surface area contributed by atoms with Crippen LogP contribution in [0.25, 0.3) is 0 Å². The van der Waals surface area contributed by atoms with Crippen LogP contribution in [0.15, 0.2) is 47.4 Å². The van der Waals surface area contributed by atoms with Gasteiger partial charge in [-0.3, -0.25) is 9.69 Å². The summed E-state index contributed by atoms with van der Waals surface area (Å²) >= 11 is 0. The minimum absolute atomic E-state index is 0.126. The second-order valence-corrected chi connectivity index (χ2v) is 10.2. The van der Waals surface area contributed by atoms with Crippen LogP contribution in [-0.4, -0.2) is 55.8 Å². The zero-order valence-electron chi connectivity index (χ0n) is 17.7. The van der Waals surface area contributed by atoms with Crippen molar-refractivity contribution in [3.63, 3.8) is 0 Å². The summed E-state index contributed by atoms with van der Waals surface area (Å²) in [7, 11) is -3.53. The highest BCUT2D eigenvalue weighted by Crippen LogP contribution is 2.27. The average molecular weight is 446 g/mol. The molecule has 0 saturated carbocycles. The van der Waals surface area contributed by atoms with Gasteiger partial charge in [-0.2, -0.15) is 4.31 Å². The largest absolute Gasteiger partial charge is 0.351 e. The number of piperazine rings is 1. The van der Waals surface area contributed by atoms with Gasteiger partial charge in [0.05, 0.1) is 10.9 Å². The molecule has 1 fully saturated rings. The second-order valence-electron chi connectivity index (χ2n) is 8.24. The van der Waals surface area contributed by atoms with Crippen molar-refractivity contribution in [2.24, 2.45) is 0 Å². The minimum atomic E-state index is -3.53. The third-order valence-electron chi connectivity index (χ3n) is 6.29. The maximum absolute atomic E-state index is 13.1. The number of rotatable bonds is 6. The van der Waals surface area contributed by atoms with Crippen LogP contribution in [0, 0.1) is 5.82 Å². The third-order valence-corrected chi connectivity index (χ3v) is 8.18. The molecule has 0 radical (unpaired) electrons. The van der Waals surface area contributed by atoms with E-state index in [0.717, 1.165) is 30.4 Å². The number of sulfonamides is 1. The molecule has 1 atom stereocenters. The van der Waals surface area contributed by atoms with Crippen molar-refractivity contribution >= 4 is 15.9 Å². The van der Waals surface area contributed by atoms with E-state index >= 15 is 0 Å². The van der Waals surface area contributed by atoms with Gasteiger partial charge in [-0.1, -0.05) is 18.2 Å². The molecule has 4 rings (SSSR count). The summed E-state index contributed by atoms with van der Waals surface area (Å²) in [5, 5.41) is 2.87. The normalized spacial score (nSPS) is 18.5. The van der Waals surface area contributed by atoms with Crippen LogP contribution < -0.4 is 5.32 Å². The monoisotopic (exact) mass is 445 g/mol. The topological polar surface area (TPSA) is 69.7 Å². The number of nitrogens with one attached hydrogen (secondary N) is 1. The van der Waals surface area contributed by atoms with Gasteiger partial charge in [0.15, 0.2) is 0 Å². The number of aryl methyl sites for hydroxylation is 2. The zero-order valence-corrected chi connectivity index (χ0v) is 18.5. The number of carbonyl (C=O) groups is 1. The molecule has 1 saturated heterocycles. The van der Waals surface area contributed by atoms with Crippen LogP contribution in [0.4, 0.5) is 4.39 Å². The van der Waals surface area contributed by atoms with E-state index < -0.39 is 10.0 Å². The van der Waals surface area contributed by atoms with Gasteiger partial charge >= 0.3 is 0 Å². The molecule has 1 aliphatic heterocycles. The van der Waals surface area contributed by atoms with Crippen molar-refractivity contribution in [2.75, 3.05) is 26.2 Å². The first-order valence-corrected chi connectivity index (χ1v) is 12.2. The van der Waals surface area contributed by atoms with Gasteiger partial charge in [0.1, 0.15) is 5.82 Å². The predicted octanol–water partition coefficient (Wildman–Crippen LogP) is 2.33. The van der Waals surface area contributed by atoms with Crippen molar-refractivity contribution < 1.29 is 17.6 Å². The van der Waals surface area contributed by atoms with E-state index in [2.05, 4.69) is 5.32 Å². The molecule has 1 unspecified atom stereocenters. The van der Waals surface area contributed by atoms with Crippen LogP contribution in [0.2, 0.25) is 0 Å². The molecule has 6 nitrogen and oxygen atoms in total. The molecule has 1 N–H and O–H groups in total. The Labute approximate surface area is 183 Å². The minimum Gasteiger partial charge on any atom is -0.351 e. The van der Waals surface area contributed by atoms with E-state index in [-0.39, 0.29) is 17.8 Å². The van der Waals surface area contributed by atoms with Gasteiger partial charge in [0, 0.05) is 32.7 Å². The van der Waals surface area contributed by atoms with E-state index in [0.29, 0.717) is 37.6 Å². The Kier molecular flexibility index (Phi) is 6.41. The second kappa shape index (κ2) is 9.06. The van der Waals surface area contributed by atoms with Gasteiger partial charge in [-0.05, 0) is 67.1 Å². The standard InChI is InChI=1S/C23H28FN3O3S/c1-17(23(28)25-16-18-5-8-21(24)9-6-18)26-11-13-27(14-12-26)31(29,30)22-10-7-19-3-2-4-20(19)15-22/h5-10,15,17H,2-4,11-14,16H2,1H3,(H,25,28). The fourth-order valence-corrected chi connectivity index (χ4v) is 5.77. The van der Waals surface area contributed by atoms with Crippen molar-refractivity contribution in [1.29, 1.82) is 0 Å². The molecule has 2 aromatic rings. The lowest BCUT2D eigenvalue weighted by atomic mass is 10.1. The Morgan fingerprint density at radius 1 is 1.03 bits per heavy atom. The summed E-state index contributed by atoms with van der Waals surface area (Å²) in [5.41, 5.74) is 3.22. The van der Waals surface area contributed by atoms with Crippen LogP contribution in [0.3, 0.4) is 0 Å². The predicted molar refractivity (Wildman–Crippen MR) is 117 cm³/mol. The van der Waals surface area contributed by atoms with Crippen LogP contribution in [0.5, 0.6) is 0 Å². The first kappa shape index (κ1) is 21.9. The Morgan fingerprint density at radius 3 is 2.42 bits per heavy atom. The molecule has 8 heteroatoms. The van der Waals surface area contributed by atoms with E-state index in [1.165, 1.54) is 22.0 Å². The first-order chi connectivity index (χ1) is 14.8. The van der Waals surface area contributed by atoms with Crippen molar-refractivity contribution in [2.45, 2.75) is 43.7 Å². The number of nitrogens with zero attached hydrogens (tertiary/aromatic N) is 2. The molecule has 0 spiro atoms. The quantitative estimate of drug-likeness (QED) is 0.741. The van der Waals surface area contributed by atoms with Crippen LogP contribution >= 0.6 is 0 Å². The van der Waals surface area contributed by atoms with Crippen molar-refractivity contribution in [1.82, 2.24) is 14.5 Å². The van der Waals surface area contributed by atoms with Gasteiger partial charge in [-0.15, -0.1) is 0 Å². The fraction of sp³-hybridized carbons (Fsp3) is 0.435. The highest BCUT2D eigenvalue weighted by Gasteiger charge is 2.32. The Hall–Kier alpha value is -2.29. The number of halogens is 1. The highest BCUT2D eigenvalue weighted by molar-refractivity contribution is 7.89.